The van der Waals surface area contributed by atoms with Crippen LogP contribution in [0.5, 0.6) is 0 Å². The van der Waals surface area contributed by atoms with Gasteiger partial charge in [0.15, 0.2) is 0 Å². The molecule has 3 N–H and O–H groups in total. The quantitative estimate of drug-likeness (QED) is 0.828. The van der Waals surface area contributed by atoms with Crippen LogP contribution in [0, 0.1) is 0 Å². The van der Waals surface area contributed by atoms with Gasteiger partial charge in [-0.15, -0.1) is 11.3 Å². The molecule has 0 spiro atoms. The Kier molecular flexibility index (Phi) is 4.27. The number of amides is 1. The predicted molar refractivity (Wildman–Crippen MR) is 80.2 cm³/mol. The molecule has 2 aromatic rings. The number of hydrogen-bond acceptors (Lipinski definition) is 3. The Balaban J connectivity index is 2.00. The molecule has 18 heavy (non-hydrogen) atoms. The zero-order valence-electron chi connectivity index (χ0n) is 9.24. The first-order chi connectivity index (χ1) is 8.54. The van der Waals surface area contributed by atoms with Gasteiger partial charge >= 0.3 is 0 Å². The van der Waals surface area contributed by atoms with Crippen molar-refractivity contribution < 1.29 is 4.79 Å². The van der Waals surface area contributed by atoms with Crippen molar-refractivity contribution in [2.75, 3.05) is 11.1 Å². The molecular weight excluding hydrogens is 336 g/mol. The summed E-state index contributed by atoms with van der Waals surface area (Å²) < 4.78 is 1.01. The summed E-state index contributed by atoms with van der Waals surface area (Å²) in [5, 5.41) is 3.22. The largest absolute Gasteiger partial charge is 0.398 e. The zero-order chi connectivity index (χ0) is 13.1. The minimum absolute atomic E-state index is 0.0785. The summed E-state index contributed by atoms with van der Waals surface area (Å²) in [6, 6.07) is 8.87. The van der Waals surface area contributed by atoms with E-state index in [0.717, 1.165) is 8.66 Å². The fourth-order valence-corrected chi connectivity index (χ4v) is 3.08. The van der Waals surface area contributed by atoms with Gasteiger partial charge in [-0.2, -0.15) is 0 Å². The lowest BCUT2D eigenvalue weighted by atomic mass is 10.2. The number of halogens is 2. The molecule has 0 fully saturated rings. The summed E-state index contributed by atoms with van der Waals surface area (Å²) in [6.45, 7) is 0. The Morgan fingerprint density at radius 3 is 2.78 bits per heavy atom. The van der Waals surface area contributed by atoms with E-state index in [0.29, 0.717) is 22.8 Å². The van der Waals surface area contributed by atoms with Crippen molar-refractivity contribution in [3.63, 3.8) is 0 Å². The second-order valence-corrected chi connectivity index (χ2v) is 6.62. The Labute approximate surface area is 122 Å². The van der Waals surface area contributed by atoms with Gasteiger partial charge in [0.25, 0.3) is 0 Å². The summed E-state index contributed by atoms with van der Waals surface area (Å²) in [6.07, 6.45) is 0.345. The van der Waals surface area contributed by atoms with Crippen LogP contribution in [0.2, 0.25) is 5.02 Å². The van der Waals surface area contributed by atoms with Crippen LogP contribution in [0.4, 0.5) is 11.4 Å². The highest BCUT2D eigenvalue weighted by molar-refractivity contribution is 9.11. The number of carbonyl (C=O) groups is 1. The van der Waals surface area contributed by atoms with E-state index in [2.05, 4.69) is 21.2 Å². The molecule has 94 valence electrons. The van der Waals surface area contributed by atoms with Crippen LogP contribution >= 0.6 is 38.9 Å². The van der Waals surface area contributed by atoms with Crippen LogP contribution in [0.15, 0.2) is 34.1 Å². The van der Waals surface area contributed by atoms with Gasteiger partial charge in [0, 0.05) is 10.6 Å². The number of nitrogens with two attached hydrogens (primary N) is 1. The standard InChI is InChI=1S/C12H10BrClN2OS/c13-11-4-2-8(18-11)6-12(17)16-7-1-3-10(15)9(14)5-7/h1-5H,6,15H2,(H,16,17). The molecule has 0 saturated heterocycles. The fourth-order valence-electron chi connectivity index (χ4n) is 1.42. The van der Waals surface area contributed by atoms with Crippen molar-refractivity contribution in [1.82, 2.24) is 0 Å². The van der Waals surface area contributed by atoms with Crippen molar-refractivity contribution in [2.45, 2.75) is 6.42 Å². The number of rotatable bonds is 3. The van der Waals surface area contributed by atoms with Crippen molar-refractivity contribution in [1.29, 1.82) is 0 Å². The smallest absolute Gasteiger partial charge is 0.229 e. The van der Waals surface area contributed by atoms with E-state index in [-0.39, 0.29) is 5.91 Å². The van der Waals surface area contributed by atoms with E-state index in [1.54, 1.807) is 29.5 Å². The maximum atomic E-state index is 11.8. The first-order valence-electron chi connectivity index (χ1n) is 5.13. The van der Waals surface area contributed by atoms with E-state index in [1.807, 2.05) is 12.1 Å². The van der Waals surface area contributed by atoms with E-state index < -0.39 is 0 Å². The second kappa shape index (κ2) is 5.73. The van der Waals surface area contributed by atoms with E-state index in [4.69, 9.17) is 17.3 Å². The average Bonchev–Trinajstić information content (AvgIpc) is 2.69. The Hall–Kier alpha value is -1.04. The molecule has 1 aromatic carbocycles. The number of nitrogens with one attached hydrogen (secondary N) is 1. The number of thiophene rings is 1. The summed E-state index contributed by atoms with van der Waals surface area (Å²) in [5.41, 5.74) is 6.74. The number of carbonyl (C=O) groups excluding carboxylic acids is 1. The van der Waals surface area contributed by atoms with Crippen molar-refractivity contribution in [3.8, 4) is 0 Å². The minimum atomic E-state index is -0.0785. The number of hydrogen-bond donors (Lipinski definition) is 2. The summed E-state index contributed by atoms with van der Waals surface area (Å²) in [7, 11) is 0. The van der Waals surface area contributed by atoms with Gasteiger partial charge in [-0.05, 0) is 46.3 Å². The summed E-state index contributed by atoms with van der Waals surface area (Å²) in [5.74, 6) is -0.0785. The van der Waals surface area contributed by atoms with Crippen LogP contribution in [-0.2, 0) is 11.2 Å². The van der Waals surface area contributed by atoms with Crippen LogP contribution < -0.4 is 11.1 Å². The zero-order valence-corrected chi connectivity index (χ0v) is 12.4. The maximum absolute atomic E-state index is 11.8. The molecule has 0 aliphatic rings. The maximum Gasteiger partial charge on any atom is 0.229 e. The average molecular weight is 346 g/mol. The van der Waals surface area contributed by atoms with Gasteiger partial charge in [0.2, 0.25) is 5.91 Å². The van der Waals surface area contributed by atoms with Gasteiger partial charge in [0.1, 0.15) is 0 Å². The lowest BCUT2D eigenvalue weighted by Crippen LogP contribution is -2.13. The fraction of sp³-hybridized carbons (Fsp3) is 0.0833. The van der Waals surface area contributed by atoms with Crippen LogP contribution in [0.1, 0.15) is 4.88 Å². The van der Waals surface area contributed by atoms with Crippen molar-refractivity contribution in [2.24, 2.45) is 0 Å². The predicted octanol–water partition coefficient (Wildman–Crippen LogP) is 3.93. The Morgan fingerprint density at radius 2 is 2.17 bits per heavy atom. The normalized spacial score (nSPS) is 10.3. The second-order valence-electron chi connectivity index (χ2n) is 3.67. The molecule has 0 atom stereocenters. The highest BCUT2D eigenvalue weighted by Gasteiger charge is 2.07. The third-order valence-electron chi connectivity index (χ3n) is 2.25. The number of anilines is 2. The van der Waals surface area contributed by atoms with Crippen molar-refractivity contribution in [3.05, 3.63) is 44.0 Å². The summed E-state index contributed by atoms with van der Waals surface area (Å²) >= 11 is 10.8. The third-order valence-corrected chi connectivity index (χ3v) is 4.20. The Bertz CT molecular complexity index is 585. The van der Waals surface area contributed by atoms with E-state index in [9.17, 15) is 4.79 Å². The Morgan fingerprint density at radius 1 is 1.39 bits per heavy atom. The molecule has 1 heterocycles. The van der Waals surface area contributed by atoms with Gasteiger partial charge < -0.3 is 11.1 Å². The third kappa shape index (κ3) is 3.48. The first kappa shape index (κ1) is 13.4. The molecule has 1 aromatic heterocycles. The van der Waals surface area contributed by atoms with E-state index in [1.165, 1.54) is 0 Å². The van der Waals surface area contributed by atoms with Crippen LogP contribution in [0.3, 0.4) is 0 Å². The first-order valence-corrected chi connectivity index (χ1v) is 7.12. The van der Waals surface area contributed by atoms with Gasteiger partial charge in [-0.1, -0.05) is 11.6 Å². The number of nitrogen functional groups attached to an aromatic ring is 1. The number of benzene rings is 1. The molecule has 1 amide bonds. The van der Waals surface area contributed by atoms with Gasteiger partial charge in [0.05, 0.1) is 20.9 Å². The van der Waals surface area contributed by atoms with Crippen LogP contribution in [-0.4, -0.2) is 5.91 Å². The minimum Gasteiger partial charge on any atom is -0.398 e. The molecular formula is C12H10BrClN2OS. The van der Waals surface area contributed by atoms with E-state index >= 15 is 0 Å². The topological polar surface area (TPSA) is 55.1 Å². The molecule has 6 heteroatoms. The lowest BCUT2D eigenvalue weighted by molar-refractivity contribution is -0.115. The molecule has 0 unspecified atom stereocenters. The van der Waals surface area contributed by atoms with Crippen LogP contribution in [0.25, 0.3) is 0 Å². The monoisotopic (exact) mass is 344 g/mol. The highest BCUT2D eigenvalue weighted by atomic mass is 79.9. The van der Waals surface area contributed by atoms with Gasteiger partial charge in [-0.25, -0.2) is 0 Å². The highest BCUT2D eigenvalue weighted by Crippen LogP contribution is 2.24. The molecule has 0 aliphatic heterocycles. The molecule has 0 saturated carbocycles. The van der Waals surface area contributed by atoms with Gasteiger partial charge in [-0.3, -0.25) is 4.79 Å². The molecule has 0 radical (unpaired) electrons. The van der Waals surface area contributed by atoms with Crippen molar-refractivity contribution >= 4 is 56.1 Å². The SMILES string of the molecule is Nc1ccc(NC(=O)Cc2ccc(Br)s2)cc1Cl. The molecule has 0 bridgehead atoms. The lowest BCUT2D eigenvalue weighted by Gasteiger charge is -2.06. The molecule has 2 rings (SSSR count). The molecule has 0 aliphatic carbocycles. The summed E-state index contributed by atoms with van der Waals surface area (Å²) in [4.78, 5) is 12.8. The molecule has 3 nitrogen and oxygen atoms in total.